The lowest BCUT2D eigenvalue weighted by Crippen LogP contribution is -2.18. The molecule has 1 aromatic heterocycles. The summed E-state index contributed by atoms with van der Waals surface area (Å²) in [6, 6.07) is 10.2. The zero-order valence-corrected chi connectivity index (χ0v) is 10.7. The molecule has 1 aromatic carbocycles. The third kappa shape index (κ3) is 3.07. The van der Waals surface area contributed by atoms with Crippen molar-refractivity contribution in [1.82, 2.24) is 10.4 Å². The maximum Gasteiger partial charge on any atom is 0.202 e. The van der Waals surface area contributed by atoms with Crippen LogP contribution >= 0.6 is 11.3 Å². The Labute approximate surface area is 105 Å². The van der Waals surface area contributed by atoms with Gasteiger partial charge in [-0.1, -0.05) is 36.4 Å². The Hall–Kier alpha value is -1.81. The summed E-state index contributed by atoms with van der Waals surface area (Å²) in [7, 11) is 0. The summed E-state index contributed by atoms with van der Waals surface area (Å²) in [6.07, 6.45) is 2.00. The van der Waals surface area contributed by atoms with Gasteiger partial charge in [0.15, 0.2) is 0 Å². The predicted molar refractivity (Wildman–Crippen MR) is 73.7 cm³/mol. The largest absolute Gasteiger partial charge is 0.304 e. The maximum atomic E-state index is 4.50. The number of aromatic nitrogens is 1. The molecule has 3 nitrogen and oxygen atoms in total. The van der Waals surface area contributed by atoms with Gasteiger partial charge in [0, 0.05) is 16.6 Å². The number of benzene rings is 1. The molecule has 0 fully saturated rings. The van der Waals surface area contributed by atoms with E-state index in [-0.39, 0.29) is 0 Å². The first-order valence-electron chi connectivity index (χ1n) is 5.45. The van der Waals surface area contributed by atoms with E-state index in [9.17, 15) is 0 Å². The molecule has 0 aliphatic rings. The van der Waals surface area contributed by atoms with Crippen molar-refractivity contribution in [2.45, 2.75) is 13.8 Å². The number of hydrogen-bond donors (Lipinski definition) is 2. The fourth-order valence-electron chi connectivity index (χ4n) is 1.30. The van der Waals surface area contributed by atoms with Gasteiger partial charge in [0.25, 0.3) is 0 Å². The minimum atomic E-state index is 0.866. The molecule has 1 heterocycles. The van der Waals surface area contributed by atoms with Crippen LogP contribution in [0.3, 0.4) is 0 Å². The Balaban J connectivity index is 2.06. The molecule has 2 N–H and O–H groups in total. The van der Waals surface area contributed by atoms with Gasteiger partial charge in [-0.25, -0.2) is 4.98 Å². The number of hydrazine groups is 1. The Morgan fingerprint density at radius 1 is 1.29 bits per heavy atom. The summed E-state index contributed by atoms with van der Waals surface area (Å²) in [5.41, 5.74) is 9.35. The number of thiazole rings is 1. The van der Waals surface area contributed by atoms with Crippen LogP contribution in [-0.2, 0) is 0 Å². The predicted octanol–water partition coefficient (Wildman–Crippen LogP) is 3.65. The lowest BCUT2D eigenvalue weighted by Gasteiger charge is -2.05. The second kappa shape index (κ2) is 5.50. The highest BCUT2D eigenvalue weighted by Gasteiger charge is 2.02. The van der Waals surface area contributed by atoms with Crippen LogP contribution in [0.2, 0.25) is 0 Å². The SMILES string of the molecule is CC=C(C)NNc1nc(-c2ccccc2)cs1. The van der Waals surface area contributed by atoms with Crippen molar-refractivity contribution in [3.8, 4) is 11.3 Å². The van der Waals surface area contributed by atoms with Crippen LogP contribution in [0.4, 0.5) is 5.13 Å². The van der Waals surface area contributed by atoms with Crippen LogP contribution in [0.5, 0.6) is 0 Å². The lowest BCUT2D eigenvalue weighted by molar-refractivity contribution is 0.952. The summed E-state index contributed by atoms with van der Waals surface area (Å²) in [5, 5.41) is 2.91. The molecule has 0 aliphatic carbocycles. The number of anilines is 1. The minimum Gasteiger partial charge on any atom is -0.304 e. The van der Waals surface area contributed by atoms with Crippen molar-refractivity contribution >= 4 is 16.5 Å². The molecule has 0 amide bonds. The summed E-state index contributed by atoms with van der Waals surface area (Å²) in [6.45, 7) is 3.99. The average molecular weight is 245 g/mol. The third-order valence-corrected chi connectivity index (χ3v) is 3.13. The van der Waals surface area contributed by atoms with E-state index in [0.29, 0.717) is 0 Å². The Morgan fingerprint density at radius 2 is 2.06 bits per heavy atom. The zero-order chi connectivity index (χ0) is 12.1. The molecule has 0 aliphatic heterocycles. The molecular formula is C13H15N3S. The number of allylic oxidation sites excluding steroid dienone is 2. The molecule has 17 heavy (non-hydrogen) atoms. The molecule has 2 aromatic rings. The van der Waals surface area contributed by atoms with Crippen molar-refractivity contribution in [1.29, 1.82) is 0 Å². The monoisotopic (exact) mass is 245 g/mol. The molecule has 0 bridgehead atoms. The first-order valence-corrected chi connectivity index (χ1v) is 6.33. The van der Waals surface area contributed by atoms with E-state index in [4.69, 9.17) is 0 Å². The lowest BCUT2D eigenvalue weighted by atomic mass is 10.2. The highest BCUT2D eigenvalue weighted by atomic mass is 32.1. The van der Waals surface area contributed by atoms with Crippen LogP contribution in [0.15, 0.2) is 47.5 Å². The highest BCUT2D eigenvalue weighted by molar-refractivity contribution is 7.14. The van der Waals surface area contributed by atoms with Gasteiger partial charge in [0.1, 0.15) is 0 Å². The van der Waals surface area contributed by atoms with Gasteiger partial charge in [-0.3, -0.25) is 5.43 Å². The summed E-state index contributed by atoms with van der Waals surface area (Å²) in [5.74, 6) is 0. The van der Waals surface area contributed by atoms with Gasteiger partial charge < -0.3 is 5.43 Å². The normalized spacial score (nSPS) is 11.3. The molecule has 0 radical (unpaired) electrons. The summed E-state index contributed by atoms with van der Waals surface area (Å²) in [4.78, 5) is 4.50. The fourth-order valence-corrected chi connectivity index (χ4v) is 1.97. The average Bonchev–Trinajstić information content (AvgIpc) is 2.86. The molecule has 88 valence electrons. The van der Waals surface area contributed by atoms with Crippen molar-refractivity contribution in [3.63, 3.8) is 0 Å². The van der Waals surface area contributed by atoms with Crippen LogP contribution in [0.1, 0.15) is 13.8 Å². The van der Waals surface area contributed by atoms with E-state index in [2.05, 4.69) is 28.0 Å². The van der Waals surface area contributed by atoms with Gasteiger partial charge in [-0.05, 0) is 13.8 Å². The molecule has 2 rings (SSSR count). The smallest absolute Gasteiger partial charge is 0.202 e. The Kier molecular flexibility index (Phi) is 3.77. The molecule has 0 atom stereocenters. The molecule has 0 spiro atoms. The van der Waals surface area contributed by atoms with E-state index in [1.54, 1.807) is 11.3 Å². The summed E-state index contributed by atoms with van der Waals surface area (Å²) >= 11 is 1.58. The molecule has 0 saturated carbocycles. The second-order valence-electron chi connectivity index (χ2n) is 3.63. The summed E-state index contributed by atoms with van der Waals surface area (Å²) < 4.78 is 0. The van der Waals surface area contributed by atoms with Gasteiger partial charge >= 0.3 is 0 Å². The quantitative estimate of drug-likeness (QED) is 0.807. The van der Waals surface area contributed by atoms with Gasteiger partial charge in [0.05, 0.1) is 5.69 Å². The fraction of sp³-hybridized carbons (Fsp3) is 0.154. The van der Waals surface area contributed by atoms with E-state index in [1.165, 1.54) is 0 Å². The van der Waals surface area contributed by atoms with E-state index >= 15 is 0 Å². The van der Waals surface area contributed by atoms with Crippen molar-refractivity contribution in [2.75, 3.05) is 5.43 Å². The van der Waals surface area contributed by atoms with Gasteiger partial charge in [-0.2, -0.15) is 0 Å². The maximum absolute atomic E-state index is 4.50. The highest BCUT2D eigenvalue weighted by Crippen LogP contribution is 2.23. The molecular weight excluding hydrogens is 230 g/mol. The van der Waals surface area contributed by atoms with Crippen molar-refractivity contribution < 1.29 is 0 Å². The van der Waals surface area contributed by atoms with Crippen molar-refractivity contribution in [3.05, 3.63) is 47.5 Å². The number of hydrogen-bond acceptors (Lipinski definition) is 4. The first kappa shape index (κ1) is 11.7. The number of rotatable bonds is 4. The molecule has 4 heteroatoms. The van der Waals surface area contributed by atoms with Crippen LogP contribution in [-0.4, -0.2) is 4.98 Å². The van der Waals surface area contributed by atoms with E-state index in [1.807, 2.05) is 43.5 Å². The van der Waals surface area contributed by atoms with Crippen LogP contribution in [0.25, 0.3) is 11.3 Å². The molecule has 0 unspecified atom stereocenters. The topological polar surface area (TPSA) is 37.0 Å². The number of nitrogens with zero attached hydrogens (tertiary/aromatic N) is 1. The van der Waals surface area contributed by atoms with Crippen molar-refractivity contribution in [2.24, 2.45) is 0 Å². The standard InChI is InChI=1S/C13H15N3S/c1-3-10(2)15-16-13-14-12(9-17-13)11-7-5-4-6-8-11/h3-9,15H,1-2H3,(H,14,16). The number of nitrogens with one attached hydrogen (secondary N) is 2. The Bertz CT molecular complexity index is 502. The van der Waals surface area contributed by atoms with Gasteiger partial charge in [-0.15, -0.1) is 11.3 Å². The van der Waals surface area contributed by atoms with Crippen LogP contribution in [0, 0.1) is 0 Å². The van der Waals surface area contributed by atoms with Crippen LogP contribution < -0.4 is 10.9 Å². The molecule has 0 saturated heterocycles. The third-order valence-electron chi connectivity index (χ3n) is 2.37. The first-order chi connectivity index (χ1) is 8.29. The van der Waals surface area contributed by atoms with Gasteiger partial charge in [0.2, 0.25) is 5.13 Å². The Morgan fingerprint density at radius 3 is 2.76 bits per heavy atom. The minimum absolute atomic E-state index is 0.866. The zero-order valence-electron chi connectivity index (χ0n) is 9.90. The second-order valence-corrected chi connectivity index (χ2v) is 4.48. The van der Waals surface area contributed by atoms with E-state index < -0.39 is 0 Å². The van der Waals surface area contributed by atoms with E-state index in [0.717, 1.165) is 22.1 Å².